The van der Waals surface area contributed by atoms with Crippen LogP contribution in [0, 0.1) is 6.92 Å². The third-order valence-corrected chi connectivity index (χ3v) is 3.68. The van der Waals surface area contributed by atoms with Crippen molar-refractivity contribution in [1.82, 2.24) is 10.2 Å². The van der Waals surface area contributed by atoms with Crippen molar-refractivity contribution in [2.24, 2.45) is 0 Å². The van der Waals surface area contributed by atoms with Crippen molar-refractivity contribution in [2.45, 2.75) is 6.92 Å². The van der Waals surface area contributed by atoms with E-state index in [1.165, 1.54) is 0 Å². The maximum absolute atomic E-state index is 12.2. The van der Waals surface area contributed by atoms with E-state index < -0.39 is 0 Å². The highest BCUT2D eigenvalue weighted by Crippen LogP contribution is 2.20. The Morgan fingerprint density at radius 3 is 2.94 bits per heavy atom. The number of benzene rings is 1. The number of nitrogens with zero attached hydrogens (tertiary/aromatic N) is 1. The second-order valence-electron chi connectivity index (χ2n) is 3.99. The minimum absolute atomic E-state index is 0.0846. The monoisotopic (exact) mass is 296 g/mol. The zero-order chi connectivity index (χ0) is 12.4. The first-order valence-electron chi connectivity index (χ1n) is 5.40. The number of hydrogen-bond acceptors (Lipinski definition) is 2. The van der Waals surface area contributed by atoms with Crippen LogP contribution in [-0.2, 0) is 4.79 Å². The van der Waals surface area contributed by atoms with Gasteiger partial charge in [0.1, 0.15) is 0 Å². The van der Waals surface area contributed by atoms with Crippen molar-refractivity contribution in [1.29, 1.82) is 0 Å². The smallest absolute Gasteiger partial charge is 0.254 e. The van der Waals surface area contributed by atoms with Gasteiger partial charge in [0.2, 0.25) is 5.91 Å². The molecule has 1 aliphatic rings. The zero-order valence-electron chi connectivity index (χ0n) is 9.50. The third-order valence-electron chi connectivity index (χ3n) is 2.82. The molecule has 0 saturated carbocycles. The molecule has 17 heavy (non-hydrogen) atoms. The van der Waals surface area contributed by atoms with Crippen LogP contribution in [0.25, 0.3) is 0 Å². The molecule has 5 heteroatoms. The minimum atomic E-state index is -0.0998. The van der Waals surface area contributed by atoms with Crippen LogP contribution in [0.15, 0.2) is 22.7 Å². The highest BCUT2D eigenvalue weighted by atomic mass is 79.9. The van der Waals surface area contributed by atoms with Gasteiger partial charge in [0.05, 0.1) is 6.54 Å². The van der Waals surface area contributed by atoms with Crippen molar-refractivity contribution in [3.63, 3.8) is 0 Å². The van der Waals surface area contributed by atoms with Gasteiger partial charge in [0, 0.05) is 23.1 Å². The van der Waals surface area contributed by atoms with Crippen molar-refractivity contribution in [2.75, 3.05) is 19.6 Å². The molecule has 1 saturated heterocycles. The third kappa shape index (κ3) is 2.49. The summed E-state index contributed by atoms with van der Waals surface area (Å²) in [4.78, 5) is 25.1. The number of rotatable bonds is 1. The van der Waals surface area contributed by atoms with E-state index in [1.807, 2.05) is 19.1 Å². The van der Waals surface area contributed by atoms with Gasteiger partial charge < -0.3 is 10.2 Å². The van der Waals surface area contributed by atoms with Crippen LogP contribution in [0.4, 0.5) is 0 Å². The number of carbonyl (C=O) groups is 2. The normalized spacial score (nSPS) is 15.6. The molecule has 0 bridgehead atoms. The molecule has 0 aliphatic carbocycles. The van der Waals surface area contributed by atoms with E-state index in [1.54, 1.807) is 11.0 Å². The lowest BCUT2D eigenvalue weighted by atomic mass is 10.1. The Kier molecular flexibility index (Phi) is 3.47. The fourth-order valence-electron chi connectivity index (χ4n) is 1.82. The molecule has 0 atom stereocenters. The summed E-state index contributed by atoms with van der Waals surface area (Å²) in [6.07, 6.45) is 0. The number of halogens is 1. The Bertz CT molecular complexity index is 474. The lowest BCUT2D eigenvalue weighted by molar-refractivity contribution is -0.123. The van der Waals surface area contributed by atoms with Gasteiger partial charge in [-0.2, -0.15) is 0 Å². The number of nitrogens with one attached hydrogen (secondary N) is 1. The van der Waals surface area contributed by atoms with Crippen LogP contribution in [-0.4, -0.2) is 36.3 Å². The first-order valence-corrected chi connectivity index (χ1v) is 6.20. The van der Waals surface area contributed by atoms with Gasteiger partial charge in [0.25, 0.3) is 5.91 Å². The molecule has 1 aliphatic heterocycles. The Morgan fingerprint density at radius 1 is 1.47 bits per heavy atom. The van der Waals surface area contributed by atoms with Crippen molar-refractivity contribution < 1.29 is 9.59 Å². The summed E-state index contributed by atoms with van der Waals surface area (Å²) in [5.74, 6) is -0.184. The largest absolute Gasteiger partial charge is 0.353 e. The van der Waals surface area contributed by atoms with E-state index in [9.17, 15) is 9.59 Å². The molecular weight excluding hydrogens is 284 g/mol. The first-order chi connectivity index (χ1) is 8.09. The summed E-state index contributed by atoms with van der Waals surface area (Å²) in [7, 11) is 0. The van der Waals surface area contributed by atoms with E-state index in [0.717, 1.165) is 10.0 Å². The molecule has 2 amide bonds. The van der Waals surface area contributed by atoms with Gasteiger partial charge in [-0.25, -0.2) is 0 Å². The van der Waals surface area contributed by atoms with E-state index in [0.29, 0.717) is 18.7 Å². The van der Waals surface area contributed by atoms with E-state index >= 15 is 0 Å². The second-order valence-corrected chi connectivity index (χ2v) is 4.84. The van der Waals surface area contributed by atoms with Gasteiger partial charge in [-0.15, -0.1) is 0 Å². The van der Waals surface area contributed by atoms with E-state index in [2.05, 4.69) is 21.2 Å². The number of hydrogen-bond donors (Lipinski definition) is 1. The van der Waals surface area contributed by atoms with Crippen LogP contribution in [0.2, 0.25) is 0 Å². The quantitative estimate of drug-likeness (QED) is 0.850. The first kappa shape index (κ1) is 12.1. The summed E-state index contributed by atoms with van der Waals surface area (Å²) in [5, 5.41) is 2.70. The molecule has 4 nitrogen and oxygen atoms in total. The summed E-state index contributed by atoms with van der Waals surface area (Å²) in [5.41, 5.74) is 1.55. The average Bonchev–Trinajstić information content (AvgIpc) is 2.32. The molecule has 1 heterocycles. The number of amides is 2. The van der Waals surface area contributed by atoms with Crippen molar-refractivity contribution >= 4 is 27.7 Å². The molecule has 1 aromatic rings. The molecular formula is C12H13BrN2O2. The van der Waals surface area contributed by atoms with Crippen LogP contribution < -0.4 is 5.32 Å². The fourth-order valence-corrected chi connectivity index (χ4v) is 2.19. The van der Waals surface area contributed by atoms with Crippen LogP contribution in [0.5, 0.6) is 0 Å². The van der Waals surface area contributed by atoms with E-state index in [-0.39, 0.29) is 18.4 Å². The fraction of sp³-hybridized carbons (Fsp3) is 0.333. The minimum Gasteiger partial charge on any atom is -0.353 e. The van der Waals surface area contributed by atoms with Crippen LogP contribution >= 0.6 is 15.9 Å². The van der Waals surface area contributed by atoms with Gasteiger partial charge in [-0.1, -0.05) is 22.0 Å². The van der Waals surface area contributed by atoms with Gasteiger partial charge in [0.15, 0.2) is 0 Å². The van der Waals surface area contributed by atoms with Crippen molar-refractivity contribution in [3.05, 3.63) is 33.8 Å². The number of piperazine rings is 1. The Labute approximate surface area is 108 Å². The summed E-state index contributed by atoms with van der Waals surface area (Å²) in [6.45, 7) is 3.13. The molecule has 0 radical (unpaired) electrons. The summed E-state index contributed by atoms with van der Waals surface area (Å²) < 4.78 is 0.907. The highest BCUT2D eigenvalue weighted by Gasteiger charge is 2.23. The summed E-state index contributed by atoms with van der Waals surface area (Å²) >= 11 is 3.40. The standard InChI is InChI=1S/C12H13BrN2O2/c1-8-9(3-2-4-10(8)13)12(17)15-6-5-14-11(16)7-15/h2-4H,5-7H2,1H3,(H,14,16). The number of carbonyl (C=O) groups excluding carboxylic acids is 2. The average molecular weight is 297 g/mol. The molecule has 0 aromatic heterocycles. The molecule has 0 spiro atoms. The molecule has 0 unspecified atom stereocenters. The molecule has 90 valence electrons. The maximum atomic E-state index is 12.2. The molecule has 1 aromatic carbocycles. The van der Waals surface area contributed by atoms with Gasteiger partial charge in [-0.3, -0.25) is 9.59 Å². The Balaban J connectivity index is 2.24. The van der Waals surface area contributed by atoms with Crippen LogP contribution in [0.1, 0.15) is 15.9 Å². The maximum Gasteiger partial charge on any atom is 0.254 e. The molecule has 1 fully saturated rings. The predicted octanol–water partition coefficient (Wildman–Crippen LogP) is 1.33. The van der Waals surface area contributed by atoms with Crippen molar-refractivity contribution in [3.8, 4) is 0 Å². The predicted molar refractivity (Wildman–Crippen MR) is 67.8 cm³/mol. The van der Waals surface area contributed by atoms with Gasteiger partial charge in [-0.05, 0) is 24.6 Å². The Morgan fingerprint density at radius 2 is 2.24 bits per heavy atom. The van der Waals surface area contributed by atoms with Gasteiger partial charge >= 0.3 is 0 Å². The van der Waals surface area contributed by atoms with Crippen LogP contribution in [0.3, 0.4) is 0 Å². The second kappa shape index (κ2) is 4.87. The topological polar surface area (TPSA) is 49.4 Å². The zero-order valence-corrected chi connectivity index (χ0v) is 11.1. The summed E-state index contributed by atoms with van der Waals surface area (Å²) in [6, 6.07) is 5.51. The van der Waals surface area contributed by atoms with E-state index in [4.69, 9.17) is 0 Å². The molecule has 1 N–H and O–H groups in total. The molecule has 2 rings (SSSR count). The highest BCUT2D eigenvalue weighted by molar-refractivity contribution is 9.10. The lowest BCUT2D eigenvalue weighted by Gasteiger charge is -2.27. The SMILES string of the molecule is Cc1c(Br)cccc1C(=O)N1CCNC(=O)C1. The lowest BCUT2D eigenvalue weighted by Crippen LogP contribution is -2.50. The Hall–Kier alpha value is -1.36.